The summed E-state index contributed by atoms with van der Waals surface area (Å²) in [4.78, 5) is 0. The van der Waals surface area contributed by atoms with Crippen LogP contribution in [0.25, 0.3) is 0 Å². The first-order valence-electron chi connectivity index (χ1n) is 6.33. The van der Waals surface area contributed by atoms with Crippen LogP contribution in [-0.4, -0.2) is 13.7 Å². The van der Waals surface area contributed by atoms with Gasteiger partial charge in [0.15, 0.2) is 0 Å². The highest BCUT2D eigenvalue weighted by atomic mass is 16.5. The number of hydrogen-bond donors (Lipinski definition) is 1. The van der Waals surface area contributed by atoms with Gasteiger partial charge in [-0.1, -0.05) is 48.5 Å². The van der Waals surface area contributed by atoms with Gasteiger partial charge in [-0.15, -0.1) is 0 Å². The number of methoxy groups -OCH3 is 1. The molecule has 0 saturated carbocycles. The lowest BCUT2D eigenvalue weighted by molar-refractivity contribution is 0.0441. The Balaban J connectivity index is 2.08. The minimum absolute atomic E-state index is 0.156. The maximum absolute atomic E-state index is 5.90. The minimum Gasteiger partial charge on any atom is -0.496 e. The molecule has 3 nitrogen and oxygen atoms in total. The van der Waals surface area contributed by atoms with Crippen molar-refractivity contribution in [3.8, 4) is 5.75 Å². The van der Waals surface area contributed by atoms with Crippen molar-refractivity contribution < 1.29 is 9.47 Å². The Labute approximate surface area is 114 Å². The van der Waals surface area contributed by atoms with Gasteiger partial charge in [-0.05, 0) is 11.6 Å². The van der Waals surface area contributed by atoms with Crippen molar-refractivity contribution in [2.45, 2.75) is 12.7 Å². The quantitative estimate of drug-likeness (QED) is 0.865. The van der Waals surface area contributed by atoms with E-state index in [2.05, 4.69) is 0 Å². The van der Waals surface area contributed by atoms with Crippen LogP contribution in [0, 0.1) is 0 Å². The van der Waals surface area contributed by atoms with Gasteiger partial charge in [0, 0.05) is 12.1 Å². The molecule has 1 unspecified atom stereocenters. The van der Waals surface area contributed by atoms with Crippen LogP contribution in [-0.2, 0) is 11.3 Å². The van der Waals surface area contributed by atoms with Crippen LogP contribution in [0.5, 0.6) is 5.75 Å². The highest BCUT2D eigenvalue weighted by Gasteiger charge is 2.14. The summed E-state index contributed by atoms with van der Waals surface area (Å²) in [5, 5.41) is 0. The average molecular weight is 257 g/mol. The molecule has 19 heavy (non-hydrogen) atoms. The largest absolute Gasteiger partial charge is 0.496 e. The van der Waals surface area contributed by atoms with Crippen molar-refractivity contribution >= 4 is 0 Å². The third-order valence-corrected chi connectivity index (χ3v) is 2.99. The SMILES string of the molecule is COc1ccccc1C(CN)OCc1ccccc1. The van der Waals surface area contributed by atoms with Gasteiger partial charge >= 0.3 is 0 Å². The number of hydrogen-bond acceptors (Lipinski definition) is 3. The summed E-state index contributed by atoms with van der Waals surface area (Å²) in [5.74, 6) is 0.811. The topological polar surface area (TPSA) is 44.5 Å². The van der Waals surface area contributed by atoms with Gasteiger partial charge in [0.25, 0.3) is 0 Å². The molecule has 2 N–H and O–H groups in total. The fourth-order valence-corrected chi connectivity index (χ4v) is 1.99. The van der Waals surface area contributed by atoms with E-state index in [1.165, 1.54) is 0 Å². The van der Waals surface area contributed by atoms with Crippen LogP contribution < -0.4 is 10.5 Å². The summed E-state index contributed by atoms with van der Waals surface area (Å²) in [6.45, 7) is 0.966. The Bertz CT molecular complexity index is 499. The van der Waals surface area contributed by atoms with E-state index in [1.54, 1.807) is 7.11 Å². The van der Waals surface area contributed by atoms with E-state index in [0.29, 0.717) is 13.2 Å². The molecule has 0 spiro atoms. The van der Waals surface area contributed by atoms with Gasteiger partial charge in [-0.25, -0.2) is 0 Å². The van der Waals surface area contributed by atoms with E-state index < -0.39 is 0 Å². The Kier molecular flexibility index (Phi) is 4.95. The zero-order chi connectivity index (χ0) is 13.5. The van der Waals surface area contributed by atoms with Gasteiger partial charge in [-0.3, -0.25) is 0 Å². The standard InChI is InChI=1S/C16H19NO2/c1-18-15-10-6-5-9-14(15)16(11-17)19-12-13-7-3-2-4-8-13/h2-10,16H,11-12,17H2,1H3. The van der Waals surface area contributed by atoms with Gasteiger partial charge in [0.1, 0.15) is 5.75 Å². The van der Waals surface area contributed by atoms with E-state index in [1.807, 2.05) is 54.6 Å². The zero-order valence-corrected chi connectivity index (χ0v) is 11.1. The van der Waals surface area contributed by atoms with Crippen LogP contribution in [0.2, 0.25) is 0 Å². The average Bonchev–Trinajstić information content (AvgIpc) is 2.49. The number of para-hydroxylation sites is 1. The van der Waals surface area contributed by atoms with E-state index in [-0.39, 0.29) is 6.10 Å². The molecule has 0 amide bonds. The third-order valence-electron chi connectivity index (χ3n) is 2.99. The summed E-state index contributed by atoms with van der Waals surface area (Å²) in [7, 11) is 1.66. The molecule has 3 heteroatoms. The number of nitrogens with two attached hydrogens (primary N) is 1. The molecule has 0 heterocycles. The maximum atomic E-state index is 5.90. The lowest BCUT2D eigenvalue weighted by atomic mass is 10.1. The van der Waals surface area contributed by atoms with Crippen molar-refractivity contribution in [3.63, 3.8) is 0 Å². The molecule has 0 fully saturated rings. The zero-order valence-electron chi connectivity index (χ0n) is 11.1. The highest BCUT2D eigenvalue weighted by molar-refractivity contribution is 5.35. The van der Waals surface area contributed by atoms with E-state index >= 15 is 0 Å². The van der Waals surface area contributed by atoms with Crippen molar-refractivity contribution in [2.75, 3.05) is 13.7 Å². The number of ether oxygens (including phenoxy) is 2. The van der Waals surface area contributed by atoms with Crippen molar-refractivity contribution in [1.82, 2.24) is 0 Å². The molecule has 0 radical (unpaired) electrons. The van der Waals surface area contributed by atoms with Crippen LogP contribution in [0.3, 0.4) is 0 Å². The smallest absolute Gasteiger partial charge is 0.124 e. The molecule has 2 rings (SSSR count). The monoisotopic (exact) mass is 257 g/mol. The van der Waals surface area contributed by atoms with E-state index in [9.17, 15) is 0 Å². The van der Waals surface area contributed by atoms with Crippen LogP contribution in [0.4, 0.5) is 0 Å². The Morgan fingerprint density at radius 2 is 1.68 bits per heavy atom. The molecular formula is C16H19NO2. The summed E-state index contributed by atoms with van der Waals surface area (Å²) < 4.78 is 11.2. The summed E-state index contributed by atoms with van der Waals surface area (Å²) in [6, 6.07) is 17.9. The first-order valence-corrected chi connectivity index (χ1v) is 6.33. The van der Waals surface area contributed by atoms with E-state index in [4.69, 9.17) is 15.2 Å². The maximum Gasteiger partial charge on any atom is 0.124 e. The second kappa shape index (κ2) is 6.92. The highest BCUT2D eigenvalue weighted by Crippen LogP contribution is 2.27. The molecule has 0 aromatic heterocycles. The van der Waals surface area contributed by atoms with E-state index in [0.717, 1.165) is 16.9 Å². The fourth-order valence-electron chi connectivity index (χ4n) is 1.99. The number of benzene rings is 2. The molecular weight excluding hydrogens is 238 g/mol. The second-order valence-electron chi connectivity index (χ2n) is 4.26. The molecule has 0 saturated heterocycles. The second-order valence-corrected chi connectivity index (χ2v) is 4.26. The summed E-state index contributed by atoms with van der Waals surface area (Å²) in [5.41, 5.74) is 7.94. The Morgan fingerprint density at radius 1 is 1.00 bits per heavy atom. The lowest BCUT2D eigenvalue weighted by Crippen LogP contribution is -2.16. The van der Waals surface area contributed by atoms with Crippen LogP contribution in [0.1, 0.15) is 17.2 Å². The molecule has 2 aromatic rings. The molecule has 0 aliphatic carbocycles. The van der Waals surface area contributed by atoms with Crippen molar-refractivity contribution in [3.05, 3.63) is 65.7 Å². The van der Waals surface area contributed by atoms with Crippen molar-refractivity contribution in [1.29, 1.82) is 0 Å². The van der Waals surface area contributed by atoms with Crippen LogP contribution >= 0.6 is 0 Å². The lowest BCUT2D eigenvalue weighted by Gasteiger charge is -2.19. The molecule has 0 aliphatic rings. The van der Waals surface area contributed by atoms with Crippen molar-refractivity contribution in [2.24, 2.45) is 5.73 Å². The first-order chi connectivity index (χ1) is 9.35. The normalized spacial score (nSPS) is 12.1. The number of rotatable bonds is 6. The predicted octanol–water partition coefficient (Wildman–Crippen LogP) is 2.91. The molecule has 100 valence electrons. The van der Waals surface area contributed by atoms with Gasteiger partial charge in [0.05, 0.1) is 19.8 Å². The van der Waals surface area contributed by atoms with Crippen LogP contribution in [0.15, 0.2) is 54.6 Å². The van der Waals surface area contributed by atoms with Gasteiger partial charge in [0.2, 0.25) is 0 Å². The fraction of sp³-hybridized carbons (Fsp3) is 0.250. The summed E-state index contributed by atoms with van der Waals surface area (Å²) in [6.07, 6.45) is -0.156. The predicted molar refractivity (Wildman–Crippen MR) is 76.0 cm³/mol. The molecule has 1 atom stereocenters. The minimum atomic E-state index is -0.156. The molecule has 2 aromatic carbocycles. The Morgan fingerprint density at radius 3 is 2.37 bits per heavy atom. The van der Waals surface area contributed by atoms with Gasteiger partial charge in [-0.2, -0.15) is 0 Å². The third kappa shape index (κ3) is 3.56. The molecule has 0 aliphatic heterocycles. The Hall–Kier alpha value is -1.84. The van der Waals surface area contributed by atoms with Gasteiger partial charge < -0.3 is 15.2 Å². The molecule has 0 bridgehead atoms. The first kappa shape index (κ1) is 13.6. The summed E-state index contributed by atoms with van der Waals surface area (Å²) >= 11 is 0.